The number of hydrogen-bond donors (Lipinski definition) is 2. The molecule has 0 saturated heterocycles. The topological polar surface area (TPSA) is 62.2 Å². The fourth-order valence-electron chi connectivity index (χ4n) is 2.10. The lowest BCUT2D eigenvalue weighted by Gasteiger charge is -2.08. The fraction of sp³-hybridized carbons (Fsp3) is 0. The Morgan fingerprint density at radius 1 is 1.05 bits per heavy atom. The molecule has 2 aromatic carbocycles. The molecular weight excluding hydrogens is 288 g/mol. The van der Waals surface area contributed by atoms with Gasteiger partial charge in [-0.2, -0.15) is 0 Å². The van der Waals surface area contributed by atoms with Crippen LogP contribution in [0.5, 0.6) is 0 Å². The van der Waals surface area contributed by atoms with Crippen molar-refractivity contribution >= 4 is 39.8 Å². The molecule has 3 rings (SSSR count). The van der Waals surface area contributed by atoms with Crippen LogP contribution in [-0.4, -0.2) is 16.1 Å². The number of benzene rings is 2. The largest absolute Gasteiger partial charge is 0.478 e. The van der Waals surface area contributed by atoms with Crippen molar-refractivity contribution in [3.63, 3.8) is 0 Å². The Morgan fingerprint density at radius 3 is 2.57 bits per heavy atom. The average Bonchev–Trinajstić information content (AvgIpc) is 2.46. The summed E-state index contributed by atoms with van der Waals surface area (Å²) in [7, 11) is 0. The zero-order valence-corrected chi connectivity index (χ0v) is 11.6. The molecule has 0 aliphatic carbocycles. The number of fused-ring (bicyclic) bond motifs is 1. The zero-order chi connectivity index (χ0) is 14.8. The number of nitrogens with zero attached hydrogens (tertiary/aromatic N) is 1. The quantitative estimate of drug-likeness (QED) is 0.706. The van der Waals surface area contributed by atoms with Gasteiger partial charge in [-0.3, -0.25) is 0 Å². The average molecular weight is 299 g/mol. The van der Waals surface area contributed by atoms with E-state index in [0.29, 0.717) is 5.82 Å². The van der Waals surface area contributed by atoms with Gasteiger partial charge in [0.1, 0.15) is 11.0 Å². The predicted octanol–water partition coefficient (Wildman–Crippen LogP) is 4.33. The maximum absolute atomic E-state index is 11.0. The Balaban J connectivity index is 1.96. The van der Waals surface area contributed by atoms with E-state index >= 15 is 0 Å². The summed E-state index contributed by atoms with van der Waals surface area (Å²) in [5.41, 5.74) is 0.915. The van der Waals surface area contributed by atoms with Gasteiger partial charge in [0.25, 0.3) is 0 Å². The van der Waals surface area contributed by atoms with Crippen LogP contribution in [0.2, 0.25) is 5.15 Å². The molecule has 1 heterocycles. The highest BCUT2D eigenvalue weighted by atomic mass is 35.5. The number of aromatic nitrogens is 1. The van der Waals surface area contributed by atoms with Gasteiger partial charge >= 0.3 is 5.97 Å². The molecule has 104 valence electrons. The lowest BCUT2D eigenvalue weighted by molar-refractivity contribution is 0.0697. The van der Waals surface area contributed by atoms with Crippen LogP contribution in [-0.2, 0) is 0 Å². The van der Waals surface area contributed by atoms with Gasteiger partial charge in [-0.15, -0.1) is 0 Å². The smallest absolute Gasteiger partial charge is 0.335 e. The first-order valence-corrected chi connectivity index (χ1v) is 6.66. The molecule has 0 unspecified atom stereocenters. The number of hydrogen-bond acceptors (Lipinski definition) is 3. The molecule has 0 fully saturated rings. The van der Waals surface area contributed by atoms with Crippen molar-refractivity contribution in [1.82, 2.24) is 4.98 Å². The second kappa shape index (κ2) is 5.42. The molecule has 0 atom stereocenters. The van der Waals surface area contributed by atoms with Crippen molar-refractivity contribution in [2.45, 2.75) is 0 Å². The molecular formula is C16H11ClN2O2. The molecule has 0 bridgehead atoms. The number of carbonyl (C=O) groups is 1. The summed E-state index contributed by atoms with van der Waals surface area (Å²) in [6.45, 7) is 0. The highest BCUT2D eigenvalue weighted by Gasteiger charge is 2.08. The molecule has 0 saturated carbocycles. The number of pyridine rings is 1. The van der Waals surface area contributed by atoms with E-state index in [1.165, 1.54) is 12.1 Å². The normalized spacial score (nSPS) is 10.5. The van der Waals surface area contributed by atoms with Crippen molar-refractivity contribution in [3.8, 4) is 0 Å². The van der Waals surface area contributed by atoms with E-state index in [0.717, 1.165) is 16.5 Å². The van der Waals surface area contributed by atoms with E-state index in [1.807, 2.05) is 42.5 Å². The maximum atomic E-state index is 11.0. The summed E-state index contributed by atoms with van der Waals surface area (Å²) >= 11 is 5.84. The van der Waals surface area contributed by atoms with Gasteiger partial charge < -0.3 is 10.4 Å². The van der Waals surface area contributed by atoms with E-state index in [9.17, 15) is 4.79 Å². The van der Waals surface area contributed by atoms with Crippen LogP contribution in [0.3, 0.4) is 0 Å². The summed E-state index contributed by atoms with van der Waals surface area (Å²) in [5.74, 6) is -0.643. The molecule has 5 heteroatoms. The number of nitrogens with one attached hydrogen (secondary N) is 1. The minimum absolute atomic E-state index is 0.0956. The van der Waals surface area contributed by atoms with E-state index in [1.54, 1.807) is 0 Å². The van der Waals surface area contributed by atoms with Crippen molar-refractivity contribution in [2.24, 2.45) is 0 Å². The molecule has 0 aliphatic heterocycles. The predicted molar refractivity (Wildman–Crippen MR) is 83.4 cm³/mol. The van der Waals surface area contributed by atoms with Gasteiger partial charge in [-0.1, -0.05) is 41.9 Å². The van der Waals surface area contributed by atoms with E-state index in [2.05, 4.69) is 10.3 Å². The number of anilines is 2. The first kappa shape index (κ1) is 13.4. The first-order chi connectivity index (χ1) is 10.1. The van der Waals surface area contributed by atoms with Crippen LogP contribution < -0.4 is 5.32 Å². The Morgan fingerprint density at radius 2 is 1.81 bits per heavy atom. The molecule has 2 N–H and O–H groups in total. The van der Waals surface area contributed by atoms with Crippen molar-refractivity contribution in [2.75, 3.05) is 5.32 Å². The number of aromatic carboxylic acids is 1. The van der Waals surface area contributed by atoms with Gasteiger partial charge in [0.2, 0.25) is 0 Å². The van der Waals surface area contributed by atoms with Crippen LogP contribution >= 0.6 is 11.6 Å². The van der Waals surface area contributed by atoms with Gasteiger partial charge in [-0.25, -0.2) is 9.78 Å². The molecule has 21 heavy (non-hydrogen) atoms. The second-order valence-electron chi connectivity index (χ2n) is 4.56. The zero-order valence-electron chi connectivity index (χ0n) is 10.9. The molecule has 3 aromatic rings. The molecule has 0 aliphatic rings. The summed E-state index contributed by atoms with van der Waals surface area (Å²) in [4.78, 5) is 15.1. The van der Waals surface area contributed by atoms with Gasteiger partial charge in [0.15, 0.2) is 0 Å². The first-order valence-electron chi connectivity index (χ1n) is 6.28. The number of halogens is 1. The molecule has 0 radical (unpaired) electrons. The van der Waals surface area contributed by atoms with E-state index < -0.39 is 5.97 Å². The third-order valence-electron chi connectivity index (χ3n) is 3.06. The van der Waals surface area contributed by atoms with Crippen LogP contribution in [0.4, 0.5) is 11.5 Å². The minimum Gasteiger partial charge on any atom is -0.478 e. The van der Waals surface area contributed by atoms with E-state index in [4.69, 9.17) is 16.7 Å². The van der Waals surface area contributed by atoms with Crippen molar-refractivity contribution in [1.29, 1.82) is 0 Å². The Hall–Kier alpha value is -2.59. The van der Waals surface area contributed by atoms with Crippen LogP contribution in [0.15, 0.2) is 54.6 Å². The highest BCUT2D eigenvalue weighted by Crippen LogP contribution is 2.23. The third-order valence-corrected chi connectivity index (χ3v) is 3.26. The van der Waals surface area contributed by atoms with Crippen LogP contribution in [0.1, 0.15) is 10.4 Å². The molecule has 0 amide bonds. The van der Waals surface area contributed by atoms with Gasteiger partial charge in [0, 0.05) is 5.69 Å². The molecule has 1 aromatic heterocycles. The lowest BCUT2D eigenvalue weighted by Crippen LogP contribution is -2.00. The number of rotatable bonds is 3. The maximum Gasteiger partial charge on any atom is 0.335 e. The SMILES string of the molecule is O=C(O)c1cc(Cl)nc(Nc2ccc3ccccc3c2)c1. The lowest BCUT2D eigenvalue weighted by atomic mass is 10.1. The van der Waals surface area contributed by atoms with Crippen LogP contribution in [0, 0.1) is 0 Å². The fourth-order valence-corrected chi connectivity index (χ4v) is 2.31. The van der Waals surface area contributed by atoms with Crippen molar-refractivity contribution in [3.05, 3.63) is 65.3 Å². The van der Waals surface area contributed by atoms with Crippen molar-refractivity contribution < 1.29 is 9.90 Å². The number of carboxylic acids is 1. The van der Waals surface area contributed by atoms with Gasteiger partial charge in [-0.05, 0) is 35.0 Å². The highest BCUT2D eigenvalue weighted by molar-refractivity contribution is 6.29. The van der Waals surface area contributed by atoms with E-state index in [-0.39, 0.29) is 10.7 Å². The summed E-state index contributed by atoms with van der Waals surface area (Å²) in [5, 5.41) is 14.5. The Labute approximate surface area is 126 Å². The number of carboxylic acid groups (broad SMARTS) is 1. The standard InChI is InChI=1S/C16H11ClN2O2/c17-14-8-12(16(20)21)9-15(19-14)18-13-6-5-10-3-1-2-4-11(10)7-13/h1-9H,(H,18,19)(H,20,21). The Kier molecular flexibility index (Phi) is 3.46. The molecule has 4 nitrogen and oxygen atoms in total. The van der Waals surface area contributed by atoms with Crippen LogP contribution in [0.25, 0.3) is 10.8 Å². The minimum atomic E-state index is -1.04. The summed E-state index contributed by atoms with van der Waals surface area (Å²) in [6, 6.07) is 16.6. The summed E-state index contributed by atoms with van der Waals surface area (Å²) in [6.07, 6.45) is 0. The van der Waals surface area contributed by atoms with Gasteiger partial charge in [0.05, 0.1) is 5.56 Å². The third kappa shape index (κ3) is 2.95. The molecule has 0 spiro atoms. The monoisotopic (exact) mass is 298 g/mol. The Bertz CT molecular complexity index is 833. The second-order valence-corrected chi connectivity index (χ2v) is 4.94. The summed E-state index contributed by atoms with van der Waals surface area (Å²) < 4.78 is 0.